The zero-order valence-electron chi connectivity index (χ0n) is 9.04. The van der Waals surface area contributed by atoms with Crippen LogP contribution in [0.25, 0.3) is 0 Å². The number of carbonyl (C=O) groups is 2. The first kappa shape index (κ1) is 12.2. The van der Waals surface area contributed by atoms with E-state index in [1.807, 2.05) is 0 Å². The van der Waals surface area contributed by atoms with Crippen molar-refractivity contribution in [3.63, 3.8) is 0 Å². The molecule has 2 amide bonds. The quantitative estimate of drug-likeness (QED) is 0.848. The lowest BCUT2D eigenvalue weighted by Gasteiger charge is -2.30. The van der Waals surface area contributed by atoms with Gasteiger partial charge < -0.3 is 10.2 Å². The smallest absolute Gasteiger partial charge is 0.249 e. The van der Waals surface area contributed by atoms with Gasteiger partial charge in [-0.15, -0.1) is 0 Å². The van der Waals surface area contributed by atoms with Crippen LogP contribution >= 0.6 is 23.2 Å². The minimum absolute atomic E-state index is 0.0140. The molecule has 1 unspecified atom stereocenters. The number of hydrogen-bond acceptors (Lipinski definition) is 2. The molecule has 1 saturated heterocycles. The summed E-state index contributed by atoms with van der Waals surface area (Å²) in [5.74, 6) is -0.379. The molecule has 0 aliphatic carbocycles. The Balaban J connectivity index is 2.37. The van der Waals surface area contributed by atoms with Gasteiger partial charge in [-0.3, -0.25) is 9.59 Å². The zero-order chi connectivity index (χ0) is 12.6. The first-order valence-corrected chi connectivity index (χ1v) is 5.80. The van der Waals surface area contributed by atoms with E-state index in [2.05, 4.69) is 5.32 Å². The molecular weight excluding hydrogens is 263 g/mol. The van der Waals surface area contributed by atoms with Crippen molar-refractivity contribution in [2.45, 2.75) is 13.0 Å². The lowest BCUT2D eigenvalue weighted by atomic mass is 10.2. The van der Waals surface area contributed by atoms with E-state index in [1.54, 1.807) is 25.1 Å². The largest absolute Gasteiger partial charge is 0.343 e. The van der Waals surface area contributed by atoms with E-state index in [0.717, 1.165) is 0 Å². The maximum absolute atomic E-state index is 11.9. The van der Waals surface area contributed by atoms with Gasteiger partial charge in [0.05, 0.1) is 0 Å². The van der Waals surface area contributed by atoms with Gasteiger partial charge in [0.25, 0.3) is 0 Å². The van der Waals surface area contributed by atoms with Gasteiger partial charge in [-0.25, -0.2) is 0 Å². The van der Waals surface area contributed by atoms with Crippen LogP contribution in [0.1, 0.15) is 6.92 Å². The summed E-state index contributed by atoms with van der Waals surface area (Å²) < 4.78 is 0. The summed E-state index contributed by atoms with van der Waals surface area (Å²) in [4.78, 5) is 24.7. The second-order valence-electron chi connectivity index (χ2n) is 3.84. The Bertz CT molecular complexity index is 470. The Morgan fingerprint density at radius 1 is 1.24 bits per heavy atom. The highest BCUT2D eigenvalue weighted by Gasteiger charge is 2.30. The van der Waals surface area contributed by atoms with Crippen LogP contribution < -0.4 is 10.2 Å². The fourth-order valence-electron chi connectivity index (χ4n) is 1.72. The number of anilines is 1. The highest BCUT2D eigenvalue weighted by molar-refractivity contribution is 6.35. The number of hydrogen-bond donors (Lipinski definition) is 1. The van der Waals surface area contributed by atoms with Gasteiger partial charge in [-0.2, -0.15) is 0 Å². The lowest BCUT2D eigenvalue weighted by Crippen LogP contribution is -2.57. The number of nitrogens with zero attached hydrogens (tertiary/aromatic N) is 1. The molecule has 0 bridgehead atoms. The Hall–Kier alpha value is -1.26. The molecule has 0 saturated carbocycles. The first-order chi connectivity index (χ1) is 7.97. The van der Waals surface area contributed by atoms with Gasteiger partial charge in [0.1, 0.15) is 12.6 Å². The summed E-state index contributed by atoms with van der Waals surface area (Å²) in [5, 5.41) is 3.42. The van der Waals surface area contributed by atoms with E-state index in [4.69, 9.17) is 23.2 Å². The van der Waals surface area contributed by atoms with Crippen LogP contribution in [0.15, 0.2) is 18.2 Å². The van der Waals surface area contributed by atoms with Crippen LogP contribution in [0.3, 0.4) is 0 Å². The normalized spacial score (nSPS) is 20.4. The maximum Gasteiger partial charge on any atom is 0.249 e. The van der Waals surface area contributed by atoms with Gasteiger partial charge in [-0.1, -0.05) is 23.2 Å². The minimum atomic E-state index is -0.533. The summed E-state index contributed by atoms with van der Waals surface area (Å²) in [6.45, 7) is 1.62. The zero-order valence-corrected chi connectivity index (χ0v) is 10.5. The van der Waals surface area contributed by atoms with Crippen molar-refractivity contribution in [2.24, 2.45) is 0 Å². The van der Waals surface area contributed by atoms with E-state index in [-0.39, 0.29) is 18.4 Å². The van der Waals surface area contributed by atoms with Gasteiger partial charge in [-0.05, 0) is 25.1 Å². The van der Waals surface area contributed by atoms with Crippen LogP contribution in [0.4, 0.5) is 5.69 Å². The Morgan fingerprint density at radius 3 is 2.41 bits per heavy atom. The molecule has 1 aliphatic heterocycles. The molecule has 90 valence electrons. The molecule has 1 N–H and O–H groups in total. The van der Waals surface area contributed by atoms with Gasteiger partial charge in [0.2, 0.25) is 11.8 Å². The van der Waals surface area contributed by atoms with E-state index in [0.29, 0.717) is 15.7 Å². The number of carbonyl (C=O) groups excluding carboxylic acids is 2. The second kappa shape index (κ2) is 4.55. The van der Waals surface area contributed by atoms with Crippen molar-refractivity contribution >= 4 is 40.7 Å². The minimum Gasteiger partial charge on any atom is -0.343 e. The number of benzene rings is 1. The number of piperazine rings is 1. The summed E-state index contributed by atoms with van der Waals surface area (Å²) in [5.41, 5.74) is 0.536. The Kier molecular flexibility index (Phi) is 3.26. The SMILES string of the molecule is CC1NC(=O)CN(c2cc(Cl)cc(Cl)c2)C1=O. The molecule has 6 heteroatoms. The third kappa shape index (κ3) is 2.53. The Labute approximate surface area is 108 Å². The van der Waals surface area contributed by atoms with E-state index < -0.39 is 6.04 Å². The lowest BCUT2D eigenvalue weighted by molar-refractivity contribution is -0.130. The molecule has 1 aromatic carbocycles. The second-order valence-corrected chi connectivity index (χ2v) is 4.71. The number of rotatable bonds is 1. The fourth-order valence-corrected chi connectivity index (χ4v) is 2.23. The van der Waals surface area contributed by atoms with Crippen LogP contribution in [0.2, 0.25) is 10.0 Å². The van der Waals surface area contributed by atoms with Crippen molar-refractivity contribution < 1.29 is 9.59 Å². The molecule has 0 aromatic heterocycles. The molecule has 1 aromatic rings. The third-order valence-corrected chi connectivity index (χ3v) is 2.91. The summed E-state index contributed by atoms with van der Waals surface area (Å²) in [6.07, 6.45) is 0. The van der Waals surface area contributed by atoms with Crippen molar-refractivity contribution in [2.75, 3.05) is 11.4 Å². The molecule has 1 fully saturated rings. The number of halogens is 2. The topological polar surface area (TPSA) is 49.4 Å². The molecule has 2 rings (SSSR count). The molecule has 0 spiro atoms. The van der Waals surface area contributed by atoms with E-state index in [9.17, 15) is 9.59 Å². The van der Waals surface area contributed by atoms with Gasteiger partial charge in [0, 0.05) is 15.7 Å². The first-order valence-electron chi connectivity index (χ1n) is 5.04. The summed E-state index contributed by atoms with van der Waals surface area (Å²) in [7, 11) is 0. The highest BCUT2D eigenvalue weighted by atomic mass is 35.5. The van der Waals surface area contributed by atoms with E-state index in [1.165, 1.54) is 4.90 Å². The highest BCUT2D eigenvalue weighted by Crippen LogP contribution is 2.26. The van der Waals surface area contributed by atoms with E-state index >= 15 is 0 Å². The average Bonchev–Trinajstić information content (AvgIpc) is 2.22. The molecule has 0 radical (unpaired) electrons. The van der Waals surface area contributed by atoms with Gasteiger partial charge >= 0.3 is 0 Å². The molecule has 17 heavy (non-hydrogen) atoms. The standard InChI is InChI=1S/C11H10Cl2N2O2/c1-6-11(17)15(5-10(16)14-6)9-3-7(12)2-8(13)4-9/h2-4,6H,5H2,1H3,(H,14,16). The molecule has 1 atom stereocenters. The maximum atomic E-state index is 11.9. The monoisotopic (exact) mass is 272 g/mol. The van der Waals surface area contributed by atoms with Crippen molar-refractivity contribution in [1.29, 1.82) is 0 Å². The van der Waals surface area contributed by atoms with Crippen LogP contribution in [-0.2, 0) is 9.59 Å². The summed E-state index contributed by atoms with van der Waals surface area (Å²) in [6, 6.07) is 4.26. The fraction of sp³-hybridized carbons (Fsp3) is 0.273. The van der Waals surface area contributed by atoms with Gasteiger partial charge in [0.15, 0.2) is 0 Å². The number of amides is 2. The van der Waals surface area contributed by atoms with Crippen LogP contribution in [0, 0.1) is 0 Å². The van der Waals surface area contributed by atoms with Crippen LogP contribution in [-0.4, -0.2) is 24.4 Å². The van der Waals surface area contributed by atoms with Crippen LogP contribution in [0.5, 0.6) is 0 Å². The molecule has 1 aliphatic rings. The van der Waals surface area contributed by atoms with Crippen molar-refractivity contribution in [1.82, 2.24) is 5.32 Å². The molecule has 4 nitrogen and oxygen atoms in total. The number of nitrogens with one attached hydrogen (secondary N) is 1. The molecular formula is C11H10Cl2N2O2. The predicted octanol–water partition coefficient (Wildman–Crippen LogP) is 1.84. The van der Waals surface area contributed by atoms with Crippen molar-refractivity contribution in [3.05, 3.63) is 28.2 Å². The average molecular weight is 273 g/mol. The summed E-state index contributed by atoms with van der Waals surface area (Å²) >= 11 is 11.7. The third-order valence-electron chi connectivity index (χ3n) is 2.47. The Morgan fingerprint density at radius 2 is 1.82 bits per heavy atom. The molecule has 1 heterocycles. The predicted molar refractivity (Wildman–Crippen MR) is 66.4 cm³/mol. The van der Waals surface area contributed by atoms with Crippen molar-refractivity contribution in [3.8, 4) is 0 Å².